The van der Waals surface area contributed by atoms with E-state index in [0.29, 0.717) is 13.1 Å². The van der Waals surface area contributed by atoms with Gasteiger partial charge >= 0.3 is 6.18 Å². The Hall–Kier alpha value is -3.29. The second-order valence-corrected chi connectivity index (χ2v) is 6.37. The van der Waals surface area contributed by atoms with Crippen LogP contribution in [0.15, 0.2) is 59.2 Å². The first-order chi connectivity index (χ1) is 13.8. The summed E-state index contributed by atoms with van der Waals surface area (Å²) in [6.07, 6.45) is -3.79. The van der Waals surface area contributed by atoms with E-state index < -0.39 is 23.4 Å². The lowest BCUT2D eigenvalue weighted by Crippen LogP contribution is -2.25. The average Bonchev–Trinajstić information content (AvgIpc) is 3.02. The highest BCUT2D eigenvalue weighted by Crippen LogP contribution is 2.34. The summed E-state index contributed by atoms with van der Waals surface area (Å²) >= 11 is 0. The molecule has 1 N–H and O–H groups in total. The largest absolute Gasteiger partial charge is 0.507 e. The van der Waals surface area contributed by atoms with Crippen molar-refractivity contribution in [3.8, 4) is 5.75 Å². The van der Waals surface area contributed by atoms with E-state index in [1.54, 1.807) is 24.3 Å². The van der Waals surface area contributed by atoms with Crippen LogP contribution in [-0.4, -0.2) is 36.0 Å². The van der Waals surface area contributed by atoms with Crippen molar-refractivity contribution in [2.75, 3.05) is 23.0 Å². The lowest BCUT2D eigenvalue weighted by atomic mass is 10.0. The number of hydrogen-bond acceptors (Lipinski definition) is 4. The number of aromatic hydroxyl groups is 1. The Labute approximate surface area is 166 Å². The van der Waals surface area contributed by atoms with Crippen LogP contribution < -0.4 is 9.91 Å². The molecule has 2 aromatic rings. The topological polar surface area (TPSA) is 56.1 Å². The van der Waals surface area contributed by atoms with Crippen LogP contribution in [0.5, 0.6) is 5.75 Å². The number of carbonyl (C=O) groups excluding carboxylic acids is 1. The van der Waals surface area contributed by atoms with Gasteiger partial charge in [-0.3, -0.25) is 4.79 Å². The van der Waals surface area contributed by atoms with E-state index in [2.05, 4.69) is 5.10 Å². The first-order valence-corrected chi connectivity index (χ1v) is 9.11. The minimum absolute atomic E-state index is 0.108. The molecular weight excluding hydrogens is 383 g/mol. The molecule has 152 valence electrons. The van der Waals surface area contributed by atoms with E-state index >= 15 is 0 Å². The average molecular weight is 403 g/mol. The van der Waals surface area contributed by atoms with Crippen molar-refractivity contribution in [3.05, 3.63) is 59.7 Å². The number of rotatable bonds is 5. The minimum Gasteiger partial charge on any atom is -0.507 e. The van der Waals surface area contributed by atoms with E-state index in [0.717, 1.165) is 16.8 Å². The zero-order valence-electron chi connectivity index (χ0n) is 15.9. The van der Waals surface area contributed by atoms with Crippen LogP contribution in [0.1, 0.15) is 19.4 Å². The van der Waals surface area contributed by atoms with Gasteiger partial charge in [0.2, 0.25) is 0 Å². The third-order valence-corrected chi connectivity index (χ3v) is 4.59. The summed E-state index contributed by atoms with van der Waals surface area (Å²) < 4.78 is 40.6. The number of anilines is 2. The van der Waals surface area contributed by atoms with Gasteiger partial charge < -0.3 is 10.0 Å². The Kier molecular flexibility index (Phi) is 5.63. The molecule has 1 aliphatic heterocycles. The van der Waals surface area contributed by atoms with Gasteiger partial charge in [0.15, 0.2) is 5.71 Å². The van der Waals surface area contributed by atoms with Crippen LogP contribution in [-0.2, 0) is 4.79 Å². The fourth-order valence-corrected chi connectivity index (χ4v) is 3.09. The Bertz CT molecular complexity index is 965. The Morgan fingerprint density at radius 1 is 1.10 bits per heavy atom. The molecule has 0 saturated carbocycles. The van der Waals surface area contributed by atoms with Crippen molar-refractivity contribution < 1.29 is 23.1 Å². The van der Waals surface area contributed by atoms with Crippen LogP contribution in [0, 0.1) is 0 Å². The van der Waals surface area contributed by atoms with Gasteiger partial charge in [-0.15, -0.1) is 0 Å². The van der Waals surface area contributed by atoms with Gasteiger partial charge in [0, 0.05) is 30.4 Å². The Balaban J connectivity index is 2.03. The SMILES string of the molecule is CCN(CC)c1ccc(/C=C2\C(=O)N(c3ccccc3)N=C2C(F)(F)F)c(O)c1. The number of benzene rings is 2. The molecule has 0 aliphatic carbocycles. The first-order valence-electron chi connectivity index (χ1n) is 9.11. The Morgan fingerprint density at radius 2 is 1.76 bits per heavy atom. The number of halogens is 3. The number of hydrazone groups is 1. The maximum atomic E-state index is 13.5. The number of alkyl halides is 3. The zero-order chi connectivity index (χ0) is 21.2. The molecule has 3 rings (SSSR count). The smallest absolute Gasteiger partial charge is 0.435 e. The molecule has 2 aromatic carbocycles. The van der Waals surface area contributed by atoms with Gasteiger partial charge in [-0.05, 0) is 44.2 Å². The number of hydrogen-bond donors (Lipinski definition) is 1. The van der Waals surface area contributed by atoms with Crippen LogP contribution in [0.25, 0.3) is 6.08 Å². The van der Waals surface area contributed by atoms with Gasteiger partial charge in [-0.2, -0.15) is 23.3 Å². The van der Waals surface area contributed by atoms with Crippen molar-refractivity contribution in [2.24, 2.45) is 5.10 Å². The summed E-state index contributed by atoms with van der Waals surface area (Å²) in [5.41, 5.74) is -0.839. The van der Waals surface area contributed by atoms with Crippen LogP contribution in [0.2, 0.25) is 0 Å². The molecule has 0 unspecified atom stereocenters. The molecule has 1 aliphatic rings. The summed E-state index contributed by atoms with van der Waals surface area (Å²) in [5, 5.41) is 14.6. The predicted octanol–water partition coefficient (Wildman–Crippen LogP) is 4.59. The van der Waals surface area contributed by atoms with E-state index in [1.807, 2.05) is 18.7 Å². The lowest BCUT2D eigenvalue weighted by Gasteiger charge is -2.21. The van der Waals surface area contributed by atoms with Crippen molar-refractivity contribution in [1.29, 1.82) is 0 Å². The molecule has 29 heavy (non-hydrogen) atoms. The molecule has 0 atom stereocenters. The van der Waals surface area contributed by atoms with Gasteiger partial charge in [0.25, 0.3) is 5.91 Å². The molecular formula is C21H20F3N3O2. The highest BCUT2D eigenvalue weighted by atomic mass is 19.4. The lowest BCUT2D eigenvalue weighted by molar-refractivity contribution is -0.114. The van der Waals surface area contributed by atoms with Gasteiger partial charge in [0.05, 0.1) is 11.3 Å². The third kappa shape index (κ3) is 4.11. The van der Waals surface area contributed by atoms with E-state index in [-0.39, 0.29) is 17.0 Å². The summed E-state index contributed by atoms with van der Waals surface area (Å²) in [4.78, 5) is 14.7. The highest BCUT2D eigenvalue weighted by Gasteiger charge is 2.46. The maximum Gasteiger partial charge on any atom is 0.435 e. The Morgan fingerprint density at radius 3 is 2.31 bits per heavy atom. The monoisotopic (exact) mass is 403 g/mol. The molecule has 0 radical (unpaired) electrons. The van der Waals surface area contributed by atoms with Gasteiger partial charge in [0.1, 0.15) is 5.75 Å². The second-order valence-electron chi connectivity index (χ2n) is 6.37. The van der Waals surface area contributed by atoms with Crippen molar-refractivity contribution >= 4 is 29.1 Å². The van der Waals surface area contributed by atoms with Crippen LogP contribution >= 0.6 is 0 Å². The number of phenols is 1. The van der Waals surface area contributed by atoms with E-state index in [4.69, 9.17) is 0 Å². The number of carbonyl (C=O) groups is 1. The standard InChI is InChI=1S/C21H20F3N3O2/c1-3-26(4-2)16-11-10-14(18(28)13-16)12-17-19(21(22,23)24)25-27(20(17)29)15-8-6-5-7-9-15/h5-13,28H,3-4H2,1-2H3/b17-12-. The molecule has 1 amide bonds. The van der Waals surface area contributed by atoms with Gasteiger partial charge in [-0.25, -0.2) is 0 Å². The van der Waals surface area contributed by atoms with Crippen molar-refractivity contribution in [3.63, 3.8) is 0 Å². The first kappa shape index (κ1) is 20.4. The molecule has 1 heterocycles. The van der Waals surface area contributed by atoms with E-state index in [1.165, 1.54) is 24.3 Å². The molecule has 0 spiro atoms. The fourth-order valence-electron chi connectivity index (χ4n) is 3.09. The van der Waals surface area contributed by atoms with Gasteiger partial charge in [-0.1, -0.05) is 18.2 Å². The summed E-state index contributed by atoms with van der Waals surface area (Å²) in [6, 6.07) is 12.5. The summed E-state index contributed by atoms with van der Waals surface area (Å²) in [6.45, 7) is 5.34. The van der Waals surface area contributed by atoms with Crippen LogP contribution in [0.3, 0.4) is 0 Å². The maximum absolute atomic E-state index is 13.5. The number of nitrogens with zero attached hydrogens (tertiary/aromatic N) is 3. The highest BCUT2D eigenvalue weighted by molar-refractivity contribution is 6.34. The van der Waals surface area contributed by atoms with Crippen LogP contribution in [0.4, 0.5) is 24.5 Å². The quantitative estimate of drug-likeness (QED) is 0.743. The van der Waals surface area contributed by atoms with Crippen molar-refractivity contribution in [1.82, 2.24) is 0 Å². The third-order valence-electron chi connectivity index (χ3n) is 4.59. The molecule has 5 nitrogen and oxygen atoms in total. The van der Waals surface area contributed by atoms with Crippen molar-refractivity contribution in [2.45, 2.75) is 20.0 Å². The molecule has 0 saturated heterocycles. The number of para-hydroxylation sites is 1. The fraction of sp³-hybridized carbons (Fsp3) is 0.238. The molecule has 0 bridgehead atoms. The normalized spacial score (nSPS) is 15.8. The second kappa shape index (κ2) is 7.98. The number of phenolic OH excluding ortho intramolecular Hbond substituents is 1. The molecule has 0 fully saturated rings. The number of amides is 1. The minimum atomic E-state index is -4.82. The van der Waals surface area contributed by atoms with E-state index in [9.17, 15) is 23.1 Å². The summed E-state index contributed by atoms with van der Waals surface area (Å²) in [5.74, 6) is -1.12. The summed E-state index contributed by atoms with van der Waals surface area (Å²) in [7, 11) is 0. The zero-order valence-corrected chi connectivity index (χ0v) is 15.9. The molecule has 8 heteroatoms. The predicted molar refractivity (Wildman–Crippen MR) is 107 cm³/mol. The molecule has 0 aromatic heterocycles.